The standard InChI is InChI=1S/C14H12Cl3N5O/c15-8-2-1-7(5-9(8)16)22-4-3-10(13(22)23)19-12-6-11(17)20-14(18)21-12/h1-2,5-6,10H,3-4H2,(H3,18,19,20,21). The van der Waals surface area contributed by atoms with Crippen LogP contribution < -0.4 is 16.0 Å². The van der Waals surface area contributed by atoms with Crippen LogP contribution in [0.4, 0.5) is 17.5 Å². The highest BCUT2D eigenvalue weighted by atomic mass is 35.5. The van der Waals surface area contributed by atoms with Crippen molar-refractivity contribution < 1.29 is 4.79 Å². The smallest absolute Gasteiger partial charge is 0.249 e. The predicted molar refractivity (Wildman–Crippen MR) is 92.3 cm³/mol. The predicted octanol–water partition coefficient (Wildman–Crippen LogP) is 3.24. The second kappa shape index (κ2) is 6.39. The van der Waals surface area contributed by atoms with Gasteiger partial charge in [-0.15, -0.1) is 0 Å². The van der Waals surface area contributed by atoms with Crippen LogP contribution in [0.1, 0.15) is 6.42 Å². The van der Waals surface area contributed by atoms with E-state index in [-0.39, 0.29) is 17.0 Å². The van der Waals surface area contributed by atoms with Gasteiger partial charge in [0.05, 0.1) is 10.0 Å². The zero-order valence-electron chi connectivity index (χ0n) is 11.8. The van der Waals surface area contributed by atoms with Crippen LogP contribution in [0.2, 0.25) is 15.2 Å². The van der Waals surface area contributed by atoms with E-state index in [1.54, 1.807) is 23.1 Å². The van der Waals surface area contributed by atoms with E-state index in [0.29, 0.717) is 34.5 Å². The van der Waals surface area contributed by atoms with Gasteiger partial charge >= 0.3 is 0 Å². The Hall–Kier alpha value is -1.76. The van der Waals surface area contributed by atoms with Crippen LogP contribution in [0.25, 0.3) is 0 Å². The van der Waals surface area contributed by atoms with Crippen LogP contribution in [0, 0.1) is 0 Å². The van der Waals surface area contributed by atoms with Gasteiger partial charge in [-0.05, 0) is 24.6 Å². The molecule has 2 heterocycles. The summed E-state index contributed by atoms with van der Waals surface area (Å²) in [5.41, 5.74) is 6.25. The SMILES string of the molecule is Nc1nc(Cl)cc(NC2CCN(c3ccc(Cl)c(Cl)c3)C2=O)n1. The summed E-state index contributed by atoms with van der Waals surface area (Å²) < 4.78 is 0. The number of aromatic nitrogens is 2. The molecule has 0 radical (unpaired) electrons. The molecular weight excluding hydrogens is 361 g/mol. The molecule has 2 aromatic rings. The van der Waals surface area contributed by atoms with Gasteiger partial charge < -0.3 is 16.0 Å². The van der Waals surface area contributed by atoms with Crippen molar-refractivity contribution in [3.63, 3.8) is 0 Å². The largest absolute Gasteiger partial charge is 0.368 e. The third-order valence-corrected chi connectivity index (χ3v) is 4.39. The van der Waals surface area contributed by atoms with E-state index in [9.17, 15) is 4.79 Å². The van der Waals surface area contributed by atoms with Crippen LogP contribution in [0.5, 0.6) is 0 Å². The number of halogens is 3. The van der Waals surface area contributed by atoms with Gasteiger partial charge in [-0.25, -0.2) is 4.98 Å². The molecule has 1 fully saturated rings. The third-order valence-electron chi connectivity index (χ3n) is 3.45. The van der Waals surface area contributed by atoms with Gasteiger partial charge in [-0.1, -0.05) is 34.8 Å². The van der Waals surface area contributed by atoms with E-state index in [1.165, 1.54) is 6.07 Å². The Morgan fingerprint density at radius 1 is 1.17 bits per heavy atom. The Balaban J connectivity index is 1.77. The van der Waals surface area contributed by atoms with Crippen molar-refractivity contribution in [1.29, 1.82) is 0 Å². The van der Waals surface area contributed by atoms with Gasteiger partial charge in [0.25, 0.3) is 0 Å². The third kappa shape index (κ3) is 3.44. The Morgan fingerprint density at radius 3 is 2.65 bits per heavy atom. The number of nitrogens with two attached hydrogens (primary N) is 1. The van der Waals surface area contributed by atoms with Gasteiger partial charge in [0.2, 0.25) is 11.9 Å². The second-order valence-electron chi connectivity index (χ2n) is 5.01. The Labute approximate surface area is 147 Å². The molecule has 1 aliphatic rings. The number of hydrogen-bond donors (Lipinski definition) is 2. The molecule has 120 valence electrons. The lowest BCUT2D eigenvalue weighted by molar-refractivity contribution is -0.117. The first-order chi connectivity index (χ1) is 10.9. The van der Waals surface area contributed by atoms with E-state index in [2.05, 4.69) is 15.3 Å². The molecule has 9 heteroatoms. The summed E-state index contributed by atoms with van der Waals surface area (Å²) in [6.07, 6.45) is 0.612. The first kappa shape index (κ1) is 16.1. The van der Waals surface area contributed by atoms with Crippen molar-refractivity contribution in [1.82, 2.24) is 9.97 Å². The van der Waals surface area contributed by atoms with Crippen LogP contribution in [-0.4, -0.2) is 28.5 Å². The Kier molecular flexibility index (Phi) is 4.48. The van der Waals surface area contributed by atoms with Crippen molar-refractivity contribution in [3.05, 3.63) is 39.5 Å². The van der Waals surface area contributed by atoms with Gasteiger partial charge in [0.15, 0.2) is 0 Å². The summed E-state index contributed by atoms with van der Waals surface area (Å²) in [4.78, 5) is 22.0. The van der Waals surface area contributed by atoms with E-state index < -0.39 is 6.04 Å². The summed E-state index contributed by atoms with van der Waals surface area (Å²) in [6, 6.07) is 6.19. The fourth-order valence-corrected chi connectivity index (χ4v) is 2.89. The van der Waals surface area contributed by atoms with Crippen LogP contribution in [0.3, 0.4) is 0 Å². The van der Waals surface area contributed by atoms with Crippen molar-refractivity contribution in [2.24, 2.45) is 0 Å². The highest BCUT2D eigenvalue weighted by molar-refractivity contribution is 6.42. The minimum Gasteiger partial charge on any atom is -0.368 e. The van der Waals surface area contributed by atoms with E-state index in [1.807, 2.05) is 0 Å². The maximum absolute atomic E-state index is 12.6. The normalized spacial score (nSPS) is 17.6. The molecule has 3 N–H and O–H groups in total. The minimum absolute atomic E-state index is 0.0479. The number of amides is 1. The molecule has 1 aromatic heterocycles. The zero-order valence-corrected chi connectivity index (χ0v) is 14.0. The van der Waals surface area contributed by atoms with Gasteiger partial charge in [-0.2, -0.15) is 4.98 Å². The number of nitrogens with zero attached hydrogens (tertiary/aromatic N) is 3. The minimum atomic E-state index is -0.421. The van der Waals surface area contributed by atoms with Crippen molar-refractivity contribution in [2.45, 2.75) is 12.5 Å². The Morgan fingerprint density at radius 2 is 1.96 bits per heavy atom. The molecule has 0 saturated carbocycles. The molecule has 1 unspecified atom stereocenters. The molecule has 6 nitrogen and oxygen atoms in total. The van der Waals surface area contributed by atoms with Crippen LogP contribution in [0.15, 0.2) is 24.3 Å². The first-order valence-corrected chi connectivity index (χ1v) is 7.90. The molecule has 1 aromatic carbocycles. The van der Waals surface area contributed by atoms with Gasteiger partial charge in [0.1, 0.15) is 17.0 Å². The maximum atomic E-state index is 12.6. The van der Waals surface area contributed by atoms with Crippen molar-refractivity contribution >= 4 is 58.2 Å². The second-order valence-corrected chi connectivity index (χ2v) is 6.21. The highest BCUT2D eigenvalue weighted by Crippen LogP contribution is 2.30. The summed E-state index contributed by atoms with van der Waals surface area (Å²) >= 11 is 17.7. The number of carbonyl (C=O) groups excluding carboxylic acids is 1. The van der Waals surface area contributed by atoms with Gasteiger partial charge in [0, 0.05) is 18.3 Å². The Bertz CT molecular complexity index is 750. The van der Waals surface area contributed by atoms with E-state index in [4.69, 9.17) is 40.5 Å². The number of benzene rings is 1. The number of rotatable bonds is 3. The lowest BCUT2D eigenvalue weighted by Crippen LogP contribution is -2.33. The lowest BCUT2D eigenvalue weighted by Gasteiger charge is -2.18. The monoisotopic (exact) mass is 371 g/mol. The molecule has 0 bridgehead atoms. The van der Waals surface area contributed by atoms with Crippen LogP contribution in [-0.2, 0) is 4.79 Å². The summed E-state index contributed by atoms with van der Waals surface area (Å²) in [5.74, 6) is 0.375. The topological polar surface area (TPSA) is 84.1 Å². The van der Waals surface area contributed by atoms with E-state index >= 15 is 0 Å². The number of hydrogen-bond acceptors (Lipinski definition) is 5. The summed E-state index contributed by atoms with van der Waals surface area (Å²) in [7, 11) is 0. The van der Waals surface area contributed by atoms with Crippen molar-refractivity contribution in [2.75, 3.05) is 22.5 Å². The molecule has 23 heavy (non-hydrogen) atoms. The maximum Gasteiger partial charge on any atom is 0.249 e. The lowest BCUT2D eigenvalue weighted by atomic mass is 10.2. The molecule has 0 aliphatic carbocycles. The molecular formula is C14H12Cl3N5O. The average molecular weight is 373 g/mol. The highest BCUT2D eigenvalue weighted by Gasteiger charge is 2.33. The van der Waals surface area contributed by atoms with Crippen molar-refractivity contribution in [3.8, 4) is 0 Å². The molecule has 1 aliphatic heterocycles. The number of anilines is 3. The average Bonchev–Trinajstić information content (AvgIpc) is 2.82. The number of nitrogens with one attached hydrogen (secondary N) is 1. The number of nitrogen functional groups attached to an aromatic ring is 1. The molecule has 1 amide bonds. The molecule has 1 saturated heterocycles. The fourth-order valence-electron chi connectivity index (χ4n) is 2.41. The quantitative estimate of drug-likeness (QED) is 0.808. The molecule has 3 rings (SSSR count). The first-order valence-electron chi connectivity index (χ1n) is 6.77. The van der Waals surface area contributed by atoms with Gasteiger partial charge in [-0.3, -0.25) is 4.79 Å². The van der Waals surface area contributed by atoms with Crippen LogP contribution >= 0.6 is 34.8 Å². The van der Waals surface area contributed by atoms with E-state index in [0.717, 1.165) is 0 Å². The fraction of sp³-hybridized carbons (Fsp3) is 0.214. The molecule has 0 spiro atoms. The summed E-state index contributed by atoms with van der Waals surface area (Å²) in [6.45, 7) is 0.558. The summed E-state index contributed by atoms with van der Waals surface area (Å²) in [5, 5.41) is 4.10. The molecule has 1 atom stereocenters. The zero-order chi connectivity index (χ0) is 16.6. The number of carbonyl (C=O) groups is 1.